The van der Waals surface area contributed by atoms with Gasteiger partial charge in [-0.3, -0.25) is 9.59 Å². The zero-order chi connectivity index (χ0) is 15.8. The summed E-state index contributed by atoms with van der Waals surface area (Å²) in [7, 11) is 0. The molecule has 1 unspecified atom stereocenters. The molecule has 0 saturated heterocycles. The molecule has 0 heterocycles. The molecule has 4 nitrogen and oxygen atoms in total. The van der Waals surface area contributed by atoms with E-state index in [0.29, 0.717) is 24.5 Å². The topological polar surface area (TPSA) is 55.4 Å². The van der Waals surface area contributed by atoms with Gasteiger partial charge in [0.25, 0.3) is 5.91 Å². The van der Waals surface area contributed by atoms with Gasteiger partial charge in [0.1, 0.15) is 5.82 Å². The Hall–Kier alpha value is -1.91. The van der Waals surface area contributed by atoms with Crippen molar-refractivity contribution in [1.29, 1.82) is 0 Å². The Balaban J connectivity index is 2.68. The van der Waals surface area contributed by atoms with Crippen LogP contribution in [0.1, 0.15) is 44.0 Å². The van der Waals surface area contributed by atoms with Crippen LogP contribution in [0.2, 0.25) is 0 Å². The van der Waals surface area contributed by atoms with Crippen LogP contribution in [0.15, 0.2) is 24.3 Å². The molecule has 0 spiro atoms. The van der Waals surface area contributed by atoms with E-state index >= 15 is 0 Å². The number of rotatable bonds is 7. The van der Waals surface area contributed by atoms with Gasteiger partial charge in [-0.25, -0.2) is 4.39 Å². The number of nitrogens with one attached hydrogen (secondary N) is 1. The lowest BCUT2D eigenvalue weighted by Gasteiger charge is -2.20. The molecule has 1 aromatic carbocycles. The second-order valence-corrected chi connectivity index (χ2v) is 5.32. The molecule has 0 fully saturated rings. The second-order valence-electron chi connectivity index (χ2n) is 5.32. The molecule has 0 aliphatic rings. The molecule has 0 aromatic heterocycles. The highest BCUT2D eigenvalue weighted by molar-refractivity contribution is 5.94. The van der Waals surface area contributed by atoms with Crippen LogP contribution in [0, 0.1) is 11.7 Å². The van der Waals surface area contributed by atoms with E-state index in [0.717, 1.165) is 0 Å². The summed E-state index contributed by atoms with van der Waals surface area (Å²) >= 11 is 0. The number of hydrogen-bond donors (Lipinski definition) is 1. The van der Waals surface area contributed by atoms with E-state index in [1.807, 2.05) is 13.8 Å². The fraction of sp³-hybridized carbons (Fsp3) is 0.500. The van der Waals surface area contributed by atoms with Crippen LogP contribution < -0.4 is 5.32 Å². The highest BCUT2D eigenvalue weighted by Gasteiger charge is 2.19. The van der Waals surface area contributed by atoms with Crippen molar-refractivity contribution < 1.29 is 18.7 Å². The normalized spacial score (nSPS) is 12.0. The van der Waals surface area contributed by atoms with Gasteiger partial charge in [-0.05, 0) is 43.5 Å². The molecule has 1 atom stereocenters. The SMILES string of the molecule is CCOC(=O)CC(CC(C)C)NC(=O)c1ccc(F)cc1. The summed E-state index contributed by atoms with van der Waals surface area (Å²) in [5.74, 6) is -0.706. The number of carbonyl (C=O) groups is 2. The Morgan fingerprint density at radius 3 is 2.38 bits per heavy atom. The maximum Gasteiger partial charge on any atom is 0.307 e. The number of carbonyl (C=O) groups excluding carboxylic acids is 2. The fourth-order valence-electron chi connectivity index (χ4n) is 2.05. The van der Waals surface area contributed by atoms with Gasteiger partial charge >= 0.3 is 5.97 Å². The van der Waals surface area contributed by atoms with Crippen molar-refractivity contribution in [3.05, 3.63) is 35.6 Å². The third kappa shape index (κ3) is 6.38. The minimum absolute atomic E-state index is 0.138. The van der Waals surface area contributed by atoms with Gasteiger partial charge in [0.05, 0.1) is 13.0 Å². The Bertz CT molecular complexity index is 471. The standard InChI is InChI=1S/C16H22FNO3/c1-4-21-15(19)10-14(9-11(2)3)18-16(20)12-5-7-13(17)8-6-12/h5-8,11,14H,4,9-10H2,1-3H3,(H,18,20). The van der Waals surface area contributed by atoms with E-state index < -0.39 is 5.82 Å². The number of ether oxygens (including phenoxy) is 1. The van der Waals surface area contributed by atoms with Crippen molar-refractivity contribution in [3.8, 4) is 0 Å². The third-order valence-corrected chi connectivity index (χ3v) is 2.92. The van der Waals surface area contributed by atoms with Gasteiger partial charge in [0.2, 0.25) is 0 Å². The monoisotopic (exact) mass is 295 g/mol. The Labute approximate surface area is 124 Å². The van der Waals surface area contributed by atoms with Crippen molar-refractivity contribution in [2.75, 3.05) is 6.61 Å². The van der Waals surface area contributed by atoms with Crippen molar-refractivity contribution in [2.45, 2.75) is 39.7 Å². The third-order valence-electron chi connectivity index (χ3n) is 2.92. The smallest absolute Gasteiger partial charge is 0.307 e. The van der Waals surface area contributed by atoms with Crippen LogP contribution in [0.25, 0.3) is 0 Å². The average Bonchev–Trinajstić information content (AvgIpc) is 2.38. The fourth-order valence-corrected chi connectivity index (χ4v) is 2.05. The largest absolute Gasteiger partial charge is 0.466 e. The van der Waals surface area contributed by atoms with E-state index in [-0.39, 0.29) is 24.3 Å². The first-order chi connectivity index (χ1) is 9.92. The van der Waals surface area contributed by atoms with E-state index in [1.165, 1.54) is 24.3 Å². The number of esters is 1. The van der Waals surface area contributed by atoms with Gasteiger partial charge in [0, 0.05) is 11.6 Å². The highest BCUT2D eigenvalue weighted by Crippen LogP contribution is 2.11. The molecule has 1 N–H and O–H groups in total. The minimum atomic E-state index is -0.392. The molecule has 1 amide bonds. The Morgan fingerprint density at radius 1 is 1.24 bits per heavy atom. The number of benzene rings is 1. The Kier molecular flexibility index (Phi) is 6.85. The first-order valence-corrected chi connectivity index (χ1v) is 7.14. The molecular weight excluding hydrogens is 273 g/mol. The molecular formula is C16H22FNO3. The summed E-state index contributed by atoms with van der Waals surface area (Å²) in [4.78, 5) is 23.7. The lowest BCUT2D eigenvalue weighted by atomic mass is 10.0. The van der Waals surface area contributed by atoms with E-state index in [1.54, 1.807) is 6.92 Å². The molecule has 0 aliphatic heterocycles. The lowest BCUT2D eigenvalue weighted by molar-refractivity contribution is -0.143. The second kappa shape index (κ2) is 8.39. The van der Waals surface area contributed by atoms with Crippen LogP contribution in [-0.4, -0.2) is 24.5 Å². The van der Waals surface area contributed by atoms with Crippen LogP contribution in [0.5, 0.6) is 0 Å². The summed E-state index contributed by atoms with van der Waals surface area (Å²) in [5, 5.41) is 2.81. The molecule has 1 rings (SSSR count). The van der Waals surface area contributed by atoms with Crippen LogP contribution in [-0.2, 0) is 9.53 Å². The zero-order valence-electron chi connectivity index (χ0n) is 12.7. The molecule has 0 aliphatic carbocycles. The van der Waals surface area contributed by atoms with Crippen molar-refractivity contribution in [1.82, 2.24) is 5.32 Å². The maximum absolute atomic E-state index is 12.8. The summed E-state index contributed by atoms with van der Waals surface area (Å²) in [5.41, 5.74) is 0.369. The molecule has 1 aromatic rings. The number of hydrogen-bond acceptors (Lipinski definition) is 3. The highest BCUT2D eigenvalue weighted by atomic mass is 19.1. The predicted octanol–water partition coefficient (Wildman–Crippen LogP) is 2.92. The number of halogens is 1. The summed E-state index contributed by atoms with van der Waals surface area (Å²) < 4.78 is 17.8. The zero-order valence-corrected chi connectivity index (χ0v) is 12.7. The van der Waals surface area contributed by atoms with Gasteiger partial charge in [-0.2, -0.15) is 0 Å². The van der Waals surface area contributed by atoms with Gasteiger partial charge < -0.3 is 10.1 Å². The quantitative estimate of drug-likeness (QED) is 0.787. The number of amides is 1. The summed E-state index contributed by atoms with van der Waals surface area (Å²) in [6, 6.07) is 5.01. The molecule has 5 heteroatoms. The Morgan fingerprint density at radius 2 is 1.86 bits per heavy atom. The van der Waals surface area contributed by atoms with Crippen LogP contribution in [0.4, 0.5) is 4.39 Å². The van der Waals surface area contributed by atoms with E-state index in [2.05, 4.69) is 5.32 Å². The first-order valence-electron chi connectivity index (χ1n) is 7.14. The minimum Gasteiger partial charge on any atom is -0.466 e. The van der Waals surface area contributed by atoms with Crippen LogP contribution >= 0.6 is 0 Å². The molecule has 0 saturated carbocycles. The van der Waals surface area contributed by atoms with E-state index in [9.17, 15) is 14.0 Å². The van der Waals surface area contributed by atoms with E-state index in [4.69, 9.17) is 4.74 Å². The average molecular weight is 295 g/mol. The summed E-state index contributed by atoms with van der Waals surface area (Å²) in [6.07, 6.45) is 0.810. The van der Waals surface area contributed by atoms with Crippen molar-refractivity contribution in [2.24, 2.45) is 5.92 Å². The predicted molar refractivity (Wildman–Crippen MR) is 78.4 cm³/mol. The van der Waals surface area contributed by atoms with Gasteiger partial charge in [-0.15, -0.1) is 0 Å². The first kappa shape index (κ1) is 17.1. The van der Waals surface area contributed by atoms with Gasteiger partial charge in [-0.1, -0.05) is 13.8 Å². The maximum atomic E-state index is 12.8. The summed E-state index contributed by atoms with van der Waals surface area (Å²) in [6.45, 7) is 6.09. The van der Waals surface area contributed by atoms with Crippen molar-refractivity contribution >= 4 is 11.9 Å². The van der Waals surface area contributed by atoms with Gasteiger partial charge in [0.15, 0.2) is 0 Å². The molecule has 21 heavy (non-hydrogen) atoms. The molecule has 0 bridgehead atoms. The molecule has 0 radical (unpaired) electrons. The van der Waals surface area contributed by atoms with Crippen LogP contribution in [0.3, 0.4) is 0 Å². The lowest BCUT2D eigenvalue weighted by Crippen LogP contribution is -2.37. The van der Waals surface area contributed by atoms with Crippen molar-refractivity contribution in [3.63, 3.8) is 0 Å². The molecule has 116 valence electrons.